The van der Waals surface area contributed by atoms with Crippen molar-refractivity contribution in [2.24, 2.45) is 11.1 Å². The summed E-state index contributed by atoms with van der Waals surface area (Å²) in [7, 11) is 2.15. The third-order valence-corrected chi connectivity index (χ3v) is 2.62. The summed E-state index contributed by atoms with van der Waals surface area (Å²) in [4.78, 5) is 5.55. The molecule has 0 spiro atoms. The molecular formula is C12H23N3. The van der Waals surface area contributed by atoms with E-state index in [1.165, 1.54) is 5.69 Å². The fraction of sp³-hybridized carbons (Fsp3) is 0.667. The standard InChI is InChI=1S/C12H23N3/c1-12(2,6-7-13)10-15(3)9-11-5-4-8-14-11/h4-5,8,14H,6-7,9-10,13H2,1-3H3. The highest BCUT2D eigenvalue weighted by Gasteiger charge is 2.19. The smallest absolute Gasteiger partial charge is 0.0382 e. The molecule has 0 aromatic carbocycles. The van der Waals surface area contributed by atoms with Crippen LogP contribution in [0.1, 0.15) is 26.0 Å². The largest absolute Gasteiger partial charge is 0.364 e. The molecule has 0 radical (unpaired) electrons. The van der Waals surface area contributed by atoms with Gasteiger partial charge in [-0.25, -0.2) is 0 Å². The Labute approximate surface area is 92.7 Å². The predicted octanol–water partition coefficient (Wildman–Crippen LogP) is 1.82. The monoisotopic (exact) mass is 209 g/mol. The number of aromatic nitrogens is 1. The fourth-order valence-corrected chi connectivity index (χ4v) is 2.01. The molecule has 0 saturated heterocycles. The van der Waals surface area contributed by atoms with Gasteiger partial charge in [-0.1, -0.05) is 13.8 Å². The molecule has 0 atom stereocenters. The van der Waals surface area contributed by atoms with Crippen LogP contribution < -0.4 is 5.73 Å². The molecule has 1 aromatic rings. The summed E-state index contributed by atoms with van der Waals surface area (Å²) < 4.78 is 0. The minimum atomic E-state index is 0.302. The van der Waals surface area contributed by atoms with Crippen molar-refractivity contribution >= 4 is 0 Å². The molecule has 3 N–H and O–H groups in total. The molecule has 0 aliphatic carbocycles. The summed E-state index contributed by atoms with van der Waals surface area (Å²) >= 11 is 0. The van der Waals surface area contributed by atoms with Gasteiger partial charge in [-0.15, -0.1) is 0 Å². The molecular weight excluding hydrogens is 186 g/mol. The van der Waals surface area contributed by atoms with Crippen molar-refractivity contribution in [1.82, 2.24) is 9.88 Å². The summed E-state index contributed by atoms with van der Waals surface area (Å²) in [6, 6.07) is 4.15. The lowest BCUT2D eigenvalue weighted by Gasteiger charge is -2.29. The Morgan fingerprint density at radius 2 is 2.20 bits per heavy atom. The highest BCUT2D eigenvalue weighted by molar-refractivity contribution is 5.03. The molecule has 0 aliphatic heterocycles. The molecule has 0 fully saturated rings. The lowest BCUT2D eigenvalue weighted by atomic mass is 9.89. The average molecular weight is 209 g/mol. The molecule has 0 amide bonds. The van der Waals surface area contributed by atoms with E-state index in [0.29, 0.717) is 5.41 Å². The first-order chi connectivity index (χ1) is 7.03. The highest BCUT2D eigenvalue weighted by atomic mass is 15.1. The fourth-order valence-electron chi connectivity index (χ4n) is 2.01. The van der Waals surface area contributed by atoms with Gasteiger partial charge in [0.15, 0.2) is 0 Å². The van der Waals surface area contributed by atoms with E-state index in [1.807, 2.05) is 12.3 Å². The Balaban J connectivity index is 2.38. The zero-order chi connectivity index (χ0) is 11.3. The van der Waals surface area contributed by atoms with E-state index in [2.05, 4.69) is 36.8 Å². The molecule has 0 unspecified atom stereocenters. The van der Waals surface area contributed by atoms with Gasteiger partial charge in [0.1, 0.15) is 0 Å². The van der Waals surface area contributed by atoms with Crippen LogP contribution in [0.4, 0.5) is 0 Å². The van der Waals surface area contributed by atoms with Gasteiger partial charge >= 0.3 is 0 Å². The lowest BCUT2D eigenvalue weighted by molar-refractivity contribution is 0.193. The third-order valence-electron chi connectivity index (χ3n) is 2.62. The van der Waals surface area contributed by atoms with E-state index in [9.17, 15) is 0 Å². The number of aromatic amines is 1. The van der Waals surface area contributed by atoms with Gasteiger partial charge in [-0.2, -0.15) is 0 Å². The van der Waals surface area contributed by atoms with Crippen molar-refractivity contribution in [2.75, 3.05) is 20.1 Å². The van der Waals surface area contributed by atoms with Crippen molar-refractivity contribution in [3.8, 4) is 0 Å². The summed E-state index contributed by atoms with van der Waals surface area (Å²) in [5.41, 5.74) is 7.17. The Kier molecular flexibility index (Phi) is 4.36. The van der Waals surface area contributed by atoms with Crippen LogP contribution in [0.3, 0.4) is 0 Å². The molecule has 1 rings (SSSR count). The van der Waals surface area contributed by atoms with E-state index < -0.39 is 0 Å². The molecule has 3 heteroatoms. The van der Waals surface area contributed by atoms with Crippen LogP contribution in [-0.2, 0) is 6.54 Å². The Morgan fingerprint density at radius 3 is 2.73 bits per heavy atom. The second-order valence-electron chi connectivity index (χ2n) is 5.07. The summed E-state index contributed by atoms with van der Waals surface area (Å²) in [6.45, 7) is 7.35. The quantitative estimate of drug-likeness (QED) is 0.750. The summed E-state index contributed by atoms with van der Waals surface area (Å²) in [5, 5.41) is 0. The van der Waals surface area contributed by atoms with E-state index in [0.717, 1.165) is 26.1 Å². The molecule has 0 saturated carbocycles. The van der Waals surface area contributed by atoms with Crippen LogP contribution in [0.2, 0.25) is 0 Å². The van der Waals surface area contributed by atoms with Gasteiger partial charge in [0.05, 0.1) is 0 Å². The molecule has 0 aliphatic rings. The first kappa shape index (κ1) is 12.3. The zero-order valence-corrected chi connectivity index (χ0v) is 10.1. The number of nitrogens with one attached hydrogen (secondary N) is 1. The van der Waals surface area contributed by atoms with Crippen molar-refractivity contribution in [3.05, 3.63) is 24.0 Å². The van der Waals surface area contributed by atoms with Crippen LogP contribution in [0.5, 0.6) is 0 Å². The zero-order valence-electron chi connectivity index (χ0n) is 10.1. The number of nitrogens with zero attached hydrogens (tertiary/aromatic N) is 1. The molecule has 15 heavy (non-hydrogen) atoms. The van der Waals surface area contributed by atoms with Gasteiger partial charge in [-0.3, -0.25) is 0 Å². The topological polar surface area (TPSA) is 45.0 Å². The third kappa shape index (κ3) is 4.49. The van der Waals surface area contributed by atoms with E-state index in [-0.39, 0.29) is 0 Å². The van der Waals surface area contributed by atoms with Crippen molar-refractivity contribution in [2.45, 2.75) is 26.8 Å². The maximum atomic E-state index is 5.60. The van der Waals surface area contributed by atoms with Crippen molar-refractivity contribution in [3.63, 3.8) is 0 Å². The Hall–Kier alpha value is -0.800. The predicted molar refractivity (Wildman–Crippen MR) is 64.6 cm³/mol. The average Bonchev–Trinajstić information content (AvgIpc) is 2.54. The van der Waals surface area contributed by atoms with Crippen LogP contribution >= 0.6 is 0 Å². The van der Waals surface area contributed by atoms with Gasteiger partial charge in [0.2, 0.25) is 0 Å². The number of H-pyrrole nitrogens is 1. The first-order valence-electron chi connectivity index (χ1n) is 5.54. The molecule has 0 bridgehead atoms. The van der Waals surface area contributed by atoms with Gasteiger partial charge in [0, 0.05) is 25.0 Å². The summed E-state index contributed by atoms with van der Waals surface area (Å²) in [6.07, 6.45) is 3.04. The van der Waals surface area contributed by atoms with Crippen molar-refractivity contribution in [1.29, 1.82) is 0 Å². The molecule has 86 valence electrons. The number of hydrogen-bond donors (Lipinski definition) is 2. The van der Waals surface area contributed by atoms with Crippen molar-refractivity contribution < 1.29 is 0 Å². The van der Waals surface area contributed by atoms with Gasteiger partial charge in [-0.05, 0) is 37.6 Å². The Bertz CT molecular complexity index is 264. The normalized spacial score (nSPS) is 12.3. The van der Waals surface area contributed by atoms with Crippen LogP contribution in [0.15, 0.2) is 18.3 Å². The lowest BCUT2D eigenvalue weighted by Crippen LogP contribution is -2.32. The van der Waals surface area contributed by atoms with Gasteiger partial charge in [0.25, 0.3) is 0 Å². The SMILES string of the molecule is CN(Cc1ccc[nH]1)CC(C)(C)CCN. The summed E-state index contributed by atoms with van der Waals surface area (Å²) in [5.74, 6) is 0. The molecule has 1 heterocycles. The minimum Gasteiger partial charge on any atom is -0.364 e. The Morgan fingerprint density at radius 1 is 1.47 bits per heavy atom. The van der Waals surface area contributed by atoms with E-state index >= 15 is 0 Å². The highest BCUT2D eigenvalue weighted by Crippen LogP contribution is 2.20. The first-order valence-corrected chi connectivity index (χ1v) is 5.54. The van der Waals surface area contributed by atoms with Crippen LogP contribution in [0.25, 0.3) is 0 Å². The van der Waals surface area contributed by atoms with E-state index in [1.54, 1.807) is 0 Å². The second-order valence-corrected chi connectivity index (χ2v) is 5.07. The maximum absolute atomic E-state index is 5.60. The maximum Gasteiger partial charge on any atom is 0.0382 e. The van der Waals surface area contributed by atoms with E-state index in [4.69, 9.17) is 5.73 Å². The molecule has 3 nitrogen and oxygen atoms in total. The number of hydrogen-bond acceptors (Lipinski definition) is 2. The minimum absolute atomic E-state index is 0.302. The number of nitrogens with two attached hydrogens (primary N) is 1. The molecule has 1 aromatic heterocycles. The van der Waals surface area contributed by atoms with Crippen LogP contribution in [-0.4, -0.2) is 30.0 Å². The number of rotatable bonds is 6. The van der Waals surface area contributed by atoms with Crippen LogP contribution in [0, 0.1) is 5.41 Å². The second kappa shape index (κ2) is 5.33. The van der Waals surface area contributed by atoms with Gasteiger partial charge < -0.3 is 15.6 Å².